The van der Waals surface area contributed by atoms with E-state index in [1.807, 2.05) is 18.4 Å². The molecule has 1 heterocycles. The van der Waals surface area contributed by atoms with E-state index < -0.39 is 12.1 Å². The SMILES string of the molecule is CSCC[C@@H](NC(N)=O)C(=O)NCc1ccc(Br)s1. The van der Waals surface area contributed by atoms with Gasteiger partial charge in [0.2, 0.25) is 5.91 Å². The summed E-state index contributed by atoms with van der Waals surface area (Å²) in [6.07, 6.45) is 2.51. The van der Waals surface area contributed by atoms with E-state index in [2.05, 4.69) is 26.6 Å². The molecule has 19 heavy (non-hydrogen) atoms. The monoisotopic (exact) mass is 365 g/mol. The third-order valence-corrected chi connectivity index (χ3v) is 4.58. The van der Waals surface area contributed by atoms with Crippen LogP contribution in [0.2, 0.25) is 0 Å². The third kappa shape index (κ3) is 6.31. The third-order valence-electron chi connectivity index (χ3n) is 2.31. The molecule has 0 aliphatic rings. The number of rotatable bonds is 7. The fourth-order valence-electron chi connectivity index (χ4n) is 1.42. The summed E-state index contributed by atoms with van der Waals surface area (Å²) in [6, 6.07) is 2.61. The van der Waals surface area contributed by atoms with Gasteiger partial charge < -0.3 is 16.4 Å². The smallest absolute Gasteiger partial charge is 0.312 e. The highest BCUT2D eigenvalue weighted by molar-refractivity contribution is 9.11. The van der Waals surface area contributed by atoms with Crippen LogP contribution in [0, 0.1) is 0 Å². The number of carbonyl (C=O) groups is 2. The van der Waals surface area contributed by atoms with Gasteiger partial charge in [-0.1, -0.05) is 0 Å². The van der Waals surface area contributed by atoms with Crippen LogP contribution in [0.1, 0.15) is 11.3 Å². The van der Waals surface area contributed by atoms with E-state index in [0.717, 1.165) is 14.4 Å². The maximum absolute atomic E-state index is 12.0. The molecule has 0 radical (unpaired) electrons. The molecule has 1 aromatic heterocycles. The Hall–Kier alpha value is -0.730. The van der Waals surface area contributed by atoms with Crippen LogP contribution in [0.4, 0.5) is 4.79 Å². The summed E-state index contributed by atoms with van der Waals surface area (Å²) in [5.41, 5.74) is 5.07. The van der Waals surface area contributed by atoms with E-state index in [1.165, 1.54) is 0 Å². The minimum atomic E-state index is -0.680. The van der Waals surface area contributed by atoms with Gasteiger partial charge >= 0.3 is 6.03 Å². The fraction of sp³-hybridized carbons (Fsp3) is 0.455. The Kier molecular flexibility index (Phi) is 7.25. The molecule has 0 saturated heterocycles. The van der Waals surface area contributed by atoms with Crippen molar-refractivity contribution in [2.75, 3.05) is 12.0 Å². The van der Waals surface area contributed by atoms with Gasteiger partial charge in [0.1, 0.15) is 6.04 Å². The van der Waals surface area contributed by atoms with Crippen LogP contribution in [-0.4, -0.2) is 30.0 Å². The lowest BCUT2D eigenvalue weighted by atomic mass is 10.2. The van der Waals surface area contributed by atoms with Gasteiger partial charge in [-0.15, -0.1) is 11.3 Å². The standard InChI is InChI=1S/C11H16BrN3O2S2/c1-18-5-4-8(15-11(13)17)10(16)14-6-7-2-3-9(12)19-7/h2-3,8H,4-6H2,1H3,(H,14,16)(H3,13,15,17)/t8-/m1/s1. The van der Waals surface area contributed by atoms with E-state index in [9.17, 15) is 9.59 Å². The van der Waals surface area contributed by atoms with E-state index in [-0.39, 0.29) is 5.91 Å². The lowest BCUT2D eigenvalue weighted by molar-refractivity contribution is -0.123. The molecule has 0 unspecified atom stereocenters. The van der Waals surface area contributed by atoms with E-state index in [0.29, 0.717) is 13.0 Å². The van der Waals surface area contributed by atoms with Crippen molar-refractivity contribution >= 4 is 51.0 Å². The highest BCUT2D eigenvalue weighted by Gasteiger charge is 2.19. The summed E-state index contributed by atoms with van der Waals surface area (Å²) in [6.45, 7) is 0.450. The molecule has 1 atom stereocenters. The number of urea groups is 1. The first-order chi connectivity index (χ1) is 9.02. The Labute approximate surface area is 128 Å². The van der Waals surface area contributed by atoms with Crippen LogP contribution in [0.3, 0.4) is 0 Å². The molecule has 1 aromatic rings. The molecule has 106 valence electrons. The highest BCUT2D eigenvalue weighted by Crippen LogP contribution is 2.21. The Morgan fingerprint density at radius 2 is 2.26 bits per heavy atom. The predicted molar refractivity (Wildman–Crippen MR) is 83.4 cm³/mol. The quantitative estimate of drug-likeness (QED) is 0.689. The average molecular weight is 366 g/mol. The number of carbonyl (C=O) groups excluding carboxylic acids is 2. The largest absolute Gasteiger partial charge is 0.352 e. The van der Waals surface area contributed by atoms with Gasteiger partial charge in [0.05, 0.1) is 10.3 Å². The number of halogens is 1. The zero-order valence-corrected chi connectivity index (χ0v) is 13.7. The molecular formula is C11H16BrN3O2S2. The van der Waals surface area contributed by atoms with Crippen molar-refractivity contribution in [2.45, 2.75) is 19.0 Å². The lowest BCUT2D eigenvalue weighted by Gasteiger charge is -2.16. The van der Waals surface area contributed by atoms with Crippen molar-refractivity contribution in [2.24, 2.45) is 5.73 Å². The molecule has 0 aromatic carbocycles. The number of thiophene rings is 1. The van der Waals surface area contributed by atoms with E-state index >= 15 is 0 Å². The van der Waals surface area contributed by atoms with Crippen molar-refractivity contribution in [1.29, 1.82) is 0 Å². The second-order valence-corrected chi connectivity index (χ2v) is 7.30. The molecule has 0 saturated carbocycles. The molecule has 0 fully saturated rings. The summed E-state index contributed by atoms with van der Waals surface area (Å²) in [5, 5.41) is 5.26. The van der Waals surface area contributed by atoms with Gasteiger partial charge in [-0.05, 0) is 46.5 Å². The second kappa shape index (κ2) is 8.44. The average Bonchev–Trinajstić information content (AvgIpc) is 2.77. The predicted octanol–water partition coefficient (Wildman–Crippen LogP) is 1.92. The summed E-state index contributed by atoms with van der Waals surface area (Å²) >= 11 is 6.54. The van der Waals surface area contributed by atoms with Crippen LogP contribution in [0.15, 0.2) is 15.9 Å². The minimum Gasteiger partial charge on any atom is -0.352 e. The van der Waals surface area contributed by atoms with Crippen molar-refractivity contribution in [1.82, 2.24) is 10.6 Å². The molecule has 3 amide bonds. The molecule has 0 spiro atoms. The summed E-state index contributed by atoms with van der Waals surface area (Å²) < 4.78 is 1.02. The number of amides is 3. The number of nitrogens with two attached hydrogens (primary N) is 1. The molecule has 4 N–H and O–H groups in total. The highest BCUT2D eigenvalue weighted by atomic mass is 79.9. The first-order valence-electron chi connectivity index (χ1n) is 5.59. The normalized spacial score (nSPS) is 11.9. The van der Waals surface area contributed by atoms with Gasteiger partial charge in [-0.3, -0.25) is 4.79 Å². The van der Waals surface area contributed by atoms with Crippen LogP contribution in [0.25, 0.3) is 0 Å². The topological polar surface area (TPSA) is 84.2 Å². The van der Waals surface area contributed by atoms with Gasteiger partial charge in [-0.25, -0.2) is 4.79 Å². The van der Waals surface area contributed by atoms with E-state index in [1.54, 1.807) is 23.1 Å². The summed E-state index contributed by atoms with van der Waals surface area (Å²) in [5.74, 6) is 0.570. The van der Waals surface area contributed by atoms with Gasteiger partial charge in [0, 0.05) is 4.88 Å². The Morgan fingerprint density at radius 1 is 1.53 bits per heavy atom. The molecular weight excluding hydrogens is 350 g/mol. The van der Waals surface area contributed by atoms with Crippen LogP contribution in [0.5, 0.6) is 0 Å². The maximum atomic E-state index is 12.0. The Balaban J connectivity index is 2.48. The van der Waals surface area contributed by atoms with E-state index in [4.69, 9.17) is 5.73 Å². The number of hydrogen-bond donors (Lipinski definition) is 3. The molecule has 0 aliphatic heterocycles. The van der Waals surface area contributed by atoms with Crippen LogP contribution >= 0.6 is 39.0 Å². The summed E-state index contributed by atoms with van der Waals surface area (Å²) in [4.78, 5) is 23.9. The van der Waals surface area contributed by atoms with Crippen molar-refractivity contribution in [3.63, 3.8) is 0 Å². The van der Waals surface area contributed by atoms with Crippen molar-refractivity contribution in [3.8, 4) is 0 Å². The van der Waals surface area contributed by atoms with Crippen molar-refractivity contribution < 1.29 is 9.59 Å². The molecule has 5 nitrogen and oxygen atoms in total. The zero-order valence-electron chi connectivity index (χ0n) is 10.4. The zero-order chi connectivity index (χ0) is 14.3. The van der Waals surface area contributed by atoms with Crippen molar-refractivity contribution in [3.05, 3.63) is 20.8 Å². The first kappa shape index (κ1) is 16.3. The fourth-order valence-corrected chi connectivity index (χ4v) is 3.31. The molecule has 0 bridgehead atoms. The first-order valence-corrected chi connectivity index (χ1v) is 8.60. The van der Waals surface area contributed by atoms with Gasteiger partial charge in [-0.2, -0.15) is 11.8 Å². The lowest BCUT2D eigenvalue weighted by Crippen LogP contribution is -2.48. The Bertz CT molecular complexity index is 439. The number of primary amides is 1. The molecule has 8 heteroatoms. The number of hydrogen-bond acceptors (Lipinski definition) is 4. The maximum Gasteiger partial charge on any atom is 0.312 e. The number of thioether (sulfide) groups is 1. The second-order valence-electron chi connectivity index (χ2n) is 3.77. The van der Waals surface area contributed by atoms with Crippen LogP contribution in [-0.2, 0) is 11.3 Å². The van der Waals surface area contributed by atoms with Gasteiger partial charge in [0.25, 0.3) is 0 Å². The molecule has 0 aliphatic carbocycles. The Morgan fingerprint density at radius 3 is 2.79 bits per heavy atom. The number of nitrogens with one attached hydrogen (secondary N) is 2. The van der Waals surface area contributed by atoms with Crippen LogP contribution < -0.4 is 16.4 Å². The minimum absolute atomic E-state index is 0.211. The molecule has 1 rings (SSSR count). The summed E-state index contributed by atoms with van der Waals surface area (Å²) in [7, 11) is 0. The van der Waals surface area contributed by atoms with Gasteiger partial charge in [0.15, 0.2) is 0 Å².